The number of hydrogen-bond acceptors (Lipinski definition) is 4. The molecule has 1 fully saturated rings. The maximum atomic E-state index is 12.3. The van der Waals surface area contributed by atoms with E-state index in [-0.39, 0.29) is 11.6 Å². The first-order valence-electron chi connectivity index (χ1n) is 8.85. The van der Waals surface area contributed by atoms with Crippen LogP contribution >= 0.6 is 12.2 Å². The topological polar surface area (TPSA) is 83.4 Å². The third-order valence-electron chi connectivity index (χ3n) is 5.20. The summed E-state index contributed by atoms with van der Waals surface area (Å²) in [5.74, 6) is 0.561. The fraction of sp³-hybridized carbons (Fsp3) is 0.421. The number of para-hydroxylation sites is 1. The van der Waals surface area contributed by atoms with E-state index in [4.69, 9.17) is 16.6 Å². The molecule has 3 N–H and O–H groups in total. The van der Waals surface area contributed by atoms with Crippen LogP contribution in [0.2, 0.25) is 0 Å². The Morgan fingerprint density at radius 1 is 1.19 bits per heavy atom. The molecule has 0 aliphatic heterocycles. The van der Waals surface area contributed by atoms with Crippen molar-refractivity contribution in [3.63, 3.8) is 0 Å². The second kappa shape index (κ2) is 7.86. The normalized spacial score (nSPS) is 22.6. The van der Waals surface area contributed by atoms with Crippen molar-refractivity contribution in [1.29, 1.82) is 0 Å². The first-order valence-corrected chi connectivity index (χ1v) is 9.26. The van der Waals surface area contributed by atoms with Crippen LogP contribution in [0.15, 0.2) is 39.5 Å². The maximum absolute atomic E-state index is 12.3. The molecule has 1 aliphatic carbocycles. The van der Waals surface area contributed by atoms with Crippen LogP contribution in [0, 0.1) is 11.8 Å². The highest BCUT2D eigenvalue weighted by Crippen LogP contribution is 2.29. The molecule has 1 amide bonds. The summed E-state index contributed by atoms with van der Waals surface area (Å²) in [6, 6.07) is 8.83. The smallest absolute Gasteiger partial charge is 0.349 e. The number of hydrazine groups is 1. The van der Waals surface area contributed by atoms with Crippen LogP contribution in [0.3, 0.4) is 0 Å². The standard InChI is InChI=1S/C19H23N3O3S/c1-11-6-5-8-15(12(11)2)20-19(26)22-21-17(23)14-10-13-7-3-4-9-16(13)25-18(14)24/h3-4,7,9-12,15H,5-6,8H2,1-2H3,(H,21,23)(H2,20,22,26)/t11-,12-,15-/m1/s1. The molecule has 0 bridgehead atoms. The van der Waals surface area contributed by atoms with E-state index >= 15 is 0 Å². The molecule has 0 saturated heterocycles. The Kier molecular flexibility index (Phi) is 5.56. The zero-order valence-corrected chi connectivity index (χ0v) is 15.7. The van der Waals surface area contributed by atoms with E-state index in [9.17, 15) is 9.59 Å². The second-order valence-electron chi connectivity index (χ2n) is 6.91. The Morgan fingerprint density at radius 3 is 2.77 bits per heavy atom. The number of carbonyl (C=O) groups is 1. The largest absolute Gasteiger partial charge is 0.422 e. The fourth-order valence-corrected chi connectivity index (χ4v) is 3.59. The third kappa shape index (κ3) is 4.04. The van der Waals surface area contributed by atoms with Crippen molar-refractivity contribution in [3.05, 3.63) is 46.3 Å². The molecule has 1 aromatic heterocycles. The van der Waals surface area contributed by atoms with E-state index in [2.05, 4.69) is 30.0 Å². The highest BCUT2D eigenvalue weighted by molar-refractivity contribution is 7.80. The Hall–Kier alpha value is -2.41. The van der Waals surface area contributed by atoms with Gasteiger partial charge in [0.1, 0.15) is 11.1 Å². The van der Waals surface area contributed by atoms with Crippen molar-refractivity contribution in [1.82, 2.24) is 16.2 Å². The van der Waals surface area contributed by atoms with Gasteiger partial charge < -0.3 is 9.73 Å². The lowest BCUT2D eigenvalue weighted by atomic mass is 9.78. The van der Waals surface area contributed by atoms with Gasteiger partial charge >= 0.3 is 5.63 Å². The highest BCUT2D eigenvalue weighted by atomic mass is 32.1. The predicted molar refractivity (Wildman–Crippen MR) is 105 cm³/mol. The van der Waals surface area contributed by atoms with Crippen molar-refractivity contribution < 1.29 is 9.21 Å². The number of thiocarbonyl (C=S) groups is 1. The van der Waals surface area contributed by atoms with Gasteiger partial charge in [0.2, 0.25) is 0 Å². The fourth-order valence-electron chi connectivity index (χ4n) is 3.39. The van der Waals surface area contributed by atoms with Crippen molar-refractivity contribution in [2.75, 3.05) is 0 Å². The van der Waals surface area contributed by atoms with Crippen LogP contribution in [0.4, 0.5) is 0 Å². The van der Waals surface area contributed by atoms with Gasteiger partial charge in [-0.3, -0.25) is 15.6 Å². The molecule has 1 saturated carbocycles. The van der Waals surface area contributed by atoms with E-state index in [0.717, 1.165) is 12.8 Å². The lowest BCUT2D eigenvalue weighted by Crippen LogP contribution is -2.52. The molecule has 0 radical (unpaired) electrons. The molecular formula is C19H23N3O3S. The summed E-state index contributed by atoms with van der Waals surface area (Å²) in [5.41, 5.74) is 4.84. The van der Waals surface area contributed by atoms with Crippen LogP contribution in [0.1, 0.15) is 43.5 Å². The lowest BCUT2D eigenvalue weighted by molar-refractivity contribution is 0.0939. The summed E-state index contributed by atoms with van der Waals surface area (Å²) in [4.78, 5) is 24.3. The third-order valence-corrected chi connectivity index (χ3v) is 5.42. The van der Waals surface area contributed by atoms with Gasteiger partial charge in [0.05, 0.1) is 0 Å². The minimum atomic E-state index is -0.684. The quantitative estimate of drug-likeness (QED) is 0.427. The Morgan fingerprint density at radius 2 is 1.96 bits per heavy atom. The van der Waals surface area contributed by atoms with Crippen LogP contribution < -0.4 is 21.8 Å². The van der Waals surface area contributed by atoms with E-state index in [1.807, 2.05) is 6.07 Å². The number of rotatable bonds is 2. The summed E-state index contributed by atoms with van der Waals surface area (Å²) in [6.07, 6.45) is 3.44. The van der Waals surface area contributed by atoms with Gasteiger partial charge in [-0.2, -0.15) is 0 Å². The first kappa shape index (κ1) is 18.4. The predicted octanol–water partition coefficient (Wildman–Crippen LogP) is 2.73. The van der Waals surface area contributed by atoms with Crippen molar-refractivity contribution in [2.45, 2.75) is 39.2 Å². The summed E-state index contributed by atoms with van der Waals surface area (Å²) in [5, 5.41) is 4.28. The van der Waals surface area contributed by atoms with Crippen molar-refractivity contribution in [2.24, 2.45) is 11.8 Å². The molecule has 0 spiro atoms. The zero-order valence-electron chi connectivity index (χ0n) is 14.9. The van der Waals surface area contributed by atoms with E-state index in [0.29, 0.717) is 27.9 Å². The SMILES string of the molecule is C[C@@H]1[C@H](C)CCC[C@H]1NC(=S)NNC(=O)c1cc2ccccc2oc1=O. The lowest BCUT2D eigenvalue weighted by Gasteiger charge is -2.35. The number of fused-ring (bicyclic) bond motifs is 1. The number of amides is 1. The van der Waals surface area contributed by atoms with Gasteiger partial charge in [-0.1, -0.05) is 44.9 Å². The van der Waals surface area contributed by atoms with Crippen LogP contribution in [0.5, 0.6) is 0 Å². The Labute approximate surface area is 157 Å². The van der Waals surface area contributed by atoms with Crippen molar-refractivity contribution >= 4 is 34.2 Å². The molecule has 1 heterocycles. The average molecular weight is 373 g/mol. The van der Waals surface area contributed by atoms with E-state index in [1.54, 1.807) is 18.2 Å². The molecule has 1 aliphatic rings. The number of carbonyl (C=O) groups excluding carboxylic acids is 1. The summed E-state index contributed by atoms with van der Waals surface area (Å²) >= 11 is 5.27. The molecule has 3 rings (SSSR count). The van der Waals surface area contributed by atoms with Gasteiger partial charge in [0.15, 0.2) is 5.11 Å². The molecular weight excluding hydrogens is 350 g/mol. The second-order valence-corrected chi connectivity index (χ2v) is 7.32. The minimum absolute atomic E-state index is 0.0707. The monoisotopic (exact) mass is 373 g/mol. The molecule has 0 unspecified atom stereocenters. The number of benzene rings is 1. The molecule has 3 atom stereocenters. The van der Waals surface area contributed by atoms with Gasteiger partial charge in [0, 0.05) is 11.4 Å². The van der Waals surface area contributed by atoms with Gasteiger partial charge in [-0.15, -0.1) is 0 Å². The Balaban J connectivity index is 1.61. The first-order chi connectivity index (χ1) is 12.5. The minimum Gasteiger partial charge on any atom is -0.422 e. The summed E-state index contributed by atoms with van der Waals surface area (Å²) < 4.78 is 5.18. The van der Waals surface area contributed by atoms with Gasteiger partial charge in [-0.05, 0) is 42.6 Å². The van der Waals surface area contributed by atoms with E-state index in [1.165, 1.54) is 12.5 Å². The van der Waals surface area contributed by atoms with Crippen LogP contribution in [-0.4, -0.2) is 17.1 Å². The number of nitrogens with one attached hydrogen (secondary N) is 3. The molecule has 1 aromatic carbocycles. The van der Waals surface area contributed by atoms with Crippen LogP contribution in [-0.2, 0) is 0 Å². The molecule has 138 valence electrons. The van der Waals surface area contributed by atoms with Gasteiger partial charge in [0.25, 0.3) is 5.91 Å². The number of hydrogen-bond donors (Lipinski definition) is 3. The summed E-state index contributed by atoms with van der Waals surface area (Å²) in [7, 11) is 0. The zero-order chi connectivity index (χ0) is 18.7. The van der Waals surface area contributed by atoms with E-state index < -0.39 is 11.5 Å². The maximum Gasteiger partial charge on any atom is 0.349 e. The average Bonchev–Trinajstić information content (AvgIpc) is 2.63. The molecule has 26 heavy (non-hydrogen) atoms. The molecule has 2 aromatic rings. The van der Waals surface area contributed by atoms with Crippen LogP contribution in [0.25, 0.3) is 11.0 Å². The molecule has 6 nitrogen and oxygen atoms in total. The highest BCUT2D eigenvalue weighted by Gasteiger charge is 2.27. The Bertz CT molecular complexity index is 880. The van der Waals surface area contributed by atoms with Crippen molar-refractivity contribution in [3.8, 4) is 0 Å². The van der Waals surface area contributed by atoms with Gasteiger partial charge in [-0.25, -0.2) is 4.79 Å². The molecule has 7 heteroatoms. The summed E-state index contributed by atoms with van der Waals surface area (Å²) in [6.45, 7) is 4.46.